The Morgan fingerprint density at radius 2 is 1.95 bits per heavy atom. The topological polar surface area (TPSA) is 41.1 Å². The first-order valence-corrected chi connectivity index (χ1v) is 6.00. The van der Waals surface area contributed by atoms with E-state index >= 15 is 0 Å². The summed E-state index contributed by atoms with van der Waals surface area (Å²) < 4.78 is 35.8. The fourth-order valence-corrected chi connectivity index (χ4v) is 1.54. The van der Waals surface area contributed by atoms with Gasteiger partial charge in [-0.05, 0) is 25.1 Å². The maximum atomic E-state index is 11.9. The molecule has 19 heavy (non-hydrogen) atoms. The Morgan fingerprint density at radius 3 is 2.47 bits per heavy atom. The number of anilines is 1. The smallest absolute Gasteiger partial charge is 0.374 e. The molecule has 3 nitrogen and oxygen atoms in total. The van der Waals surface area contributed by atoms with Crippen LogP contribution in [0.1, 0.15) is 6.92 Å². The fourth-order valence-electron chi connectivity index (χ4n) is 1.24. The molecule has 0 aliphatic carbocycles. The van der Waals surface area contributed by atoms with E-state index in [2.05, 4.69) is 5.32 Å². The summed E-state index contributed by atoms with van der Waals surface area (Å²) in [6.45, 7) is 0.0768. The number of rotatable bonds is 4. The molecule has 0 spiro atoms. The second kappa shape index (κ2) is 6.34. The molecule has 0 saturated carbocycles. The van der Waals surface area contributed by atoms with Crippen molar-refractivity contribution in [2.75, 3.05) is 11.9 Å². The Hall–Kier alpha value is -1.14. The first kappa shape index (κ1) is 15.9. The van der Waals surface area contributed by atoms with Crippen LogP contribution in [0, 0.1) is 0 Å². The fraction of sp³-hybridized carbons (Fsp3) is 0.364. The largest absolute Gasteiger partial charge is 0.405 e. The average Bonchev–Trinajstić information content (AvgIpc) is 2.29. The van der Waals surface area contributed by atoms with Gasteiger partial charge in [0.2, 0.25) is 5.91 Å². The molecule has 0 bridgehead atoms. The van der Waals surface area contributed by atoms with Gasteiger partial charge in [-0.2, -0.15) is 13.2 Å². The van der Waals surface area contributed by atoms with Crippen LogP contribution in [-0.4, -0.2) is 24.7 Å². The molecular weight excluding hydrogens is 304 g/mol. The third-order valence-corrected chi connectivity index (χ3v) is 2.90. The zero-order chi connectivity index (χ0) is 14.6. The molecule has 1 rings (SSSR count). The van der Waals surface area contributed by atoms with Crippen LogP contribution >= 0.6 is 23.2 Å². The molecule has 1 aromatic carbocycles. The highest BCUT2D eigenvalue weighted by molar-refractivity contribution is 6.42. The second-order valence-corrected chi connectivity index (χ2v) is 4.64. The number of hydrogen-bond donors (Lipinski definition) is 2. The van der Waals surface area contributed by atoms with Crippen LogP contribution in [0.25, 0.3) is 0 Å². The zero-order valence-electron chi connectivity index (χ0n) is 9.81. The van der Waals surface area contributed by atoms with Crippen LogP contribution in [0.2, 0.25) is 10.0 Å². The normalized spacial score (nSPS) is 12.9. The van der Waals surface area contributed by atoms with Crippen LogP contribution in [0.4, 0.5) is 18.9 Å². The molecule has 0 saturated heterocycles. The predicted octanol–water partition coefficient (Wildman–Crippen LogP) is 3.47. The molecule has 1 unspecified atom stereocenters. The Labute approximate surface area is 118 Å². The van der Waals surface area contributed by atoms with Crippen molar-refractivity contribution in [2.24, 2.45) is 0 Å². The number of amides is 1. The van der Waals surface area contributed by atoms with Crippen LogP contribution in [0.15, 0.2) is 18.2 Å². The summed E-state index contributed by atoms with van der Waals surface area (Å²) in [5.74, 6) is -0.761. The van der Waals surface area contributed by atoms with Gasteiger partial charge in [0.15, 0.2) is 0 Å². The van der Waals surface area contributed by atoms with Crippen LogP contribution in [0.5, 0.6) is 0 Å². The lowest BCUT2D eigenvalue weighted by atomic mass is 10.2. The number of hydrogen-bond acceptors (Lipinski definition) is 2. The molecule has 0 heterocycles. The van der Waals surface area contributed by atoms with Crippen LogP contribution in [-0.2, 0) is 4.79 Å². The minimum Gasteiger partial charge on any atom is -0.374 e. The number of carbonyl (C=O) groups excluding carboxylic acids is 1. The molecule has 1 aromatic rings. The van der Waals surface area contributed by atoms with Crippen molar-refractivity contribution in [3.63, 3.8) is 0 Å². The minimum absolute atomic E-state index is 0.287. The van der Waals surface area contributed by atoms with Gasteiger partial charge in [-0.25, -0.2) is 0 Å². The highest BCUT2D eigenvalue weighted by atomic mass is 35.5. The molecule has 0 radical (unpaired) electrons. The number of halogens is 5. The van der Waals surface area contributed by atoms with E-state index in [9.17, 15) is 18.0 Å². The molecule has 0 fully saturated rings. The van der Waals surface area contributed by atoms with E-state index in [-0.39, 0.29) is 5.02 Å². The van der Waals surface area contributed by atoms with Crippen molar-refractivity contribution < 1.29 is 18.0 Å². The van der Waals surface area contributed by atoms with Crippen molar-refractivity contribution in [2.45, 2.75) is 19.1 Å². The summed E-state index contributed by atoms with van der Waals surface area (Å²) in [5.41, 5.74) is 0.490. The molecule has 8 heteroatoms. The Kier molecular flexibility index (Phi) is 5.31. The van der Waals surface area contributed by atoms with Crippen molar-refractivity contribution in [1.29, 1.82) is 0 Å². The van der Waals surface area contributed by atoms with E-state index in [1.807, 2.05) is 0 Å². The van der Waals surface area contributed by atoms with Crippen molar-refractivity contribution in [1.82, 2.24) is 5.32 Å². The molecule has 106 valence electrons. The highest BCUT2D eigenvalue weighted by Crippen LogP contribution is 2.25. The van der Waals surface area contributed by atoms with Gasteiger partial charge in [-0.1, -0.05) is 23.2 Å². The Balaban J connectivity index is 2.56. The summed E-state index contributed by atoms with van der Waals surface area (Å²) >= 11 is 11.5. The molecule has 1 atom stereocenters. The van der Waals surface area contributed by atoms with E-state index < -0.39 is 24.7 Å². The van der Waals surface area contributed by atoms with E-state index in [1.54, 1.807) is 11.4 Å². The van der Waals surface area contributed by atoms with Gasteiger partial charge in [0.05, 0.1) is 10.0 Å². The van der Waals surface area contributed by atoms with E-state index in [4.69, 9.17) is 23.2 Å². The predicted molar refractivity (Wildman–Crippen MR) is 68.6 cm³/mol. The van der Waals surface area contributed by atoms with Crippen LogP contribution in [0.3, 0.4) is 0 Å². The summed E-state index contributed by atoms with van der Waals surface area (Å²) in [6.07, 6.45) is -4.43. The summed E-state index contributed by atoms with van der Waals surface area (Å²) in [4.78, 5) is 11.4. The molecule has 1 amide bonds. The average molecular weight is 315 g/mol. The van der Waals surface area contributed by atoms with Crippen molar-refractivity contribution in [3.05, 3.63) is 28.2 Å². The third kappa shape index (κ3) is 5.57. The van der Waals surface area contributed by atoms with Gasteiger partial charge < -0.3 is 10.6 Å². The van der Waals surface area contributed by atoms with Crippen molar-refractivity contribution >= 4 is 34.8 Å². The molecular formula is C11H11Cl2F3N2O. The third-order valence-electron chi connectivity index (χ3n) is 2.16. The SMILES string of the molecule is CC(Nc1ccc(Cl)c(Cl)c1)C(=O)NCC(F)(F)F. The van der Waals surface area contributed by atoms with E-state index in [1.165, 1.54) is 19.1 Å². The first-order chi connectivity index (χ1) is 8.69. The number of carbonyl (C=O) groups is 1. The maximum absolute atomic E-state index is 11.9. The maximum Gasteiger partial charge on any atom is 0.405 e. The monoisotopic (exact) mass is 314 g/mol. The molecule has 0 aromatic heterocycles. The van der Waals surface area contributed by atoms with Gasteiger partial charge in [-0.3, -0.25) is 4.79 Å². The Bertz CT molecular complexity index is 466. The van der Waals surface area contributed by atoms with Gasteiger partial charge in [0.25, 0.3) is 0 Å². The van der Waals surface area contributed by atoms with Gasteiger partial charge in [0, 0.05) is 5.69 Å². The highest BCUT2D eigenvalue weighted by Gasteiger charge is 2.28. The number of alkyl halides is 3. The zero-order valence-corrected chi connectivity index (χ0v) is 11.3. The standard InChI is InChI=1S/C11H11Cl2F3N2O/c1-6(10(19)17-5-11(14,15)16)18-7-2-3-8(12)9(13)4-7/h2-4,6,18H,5H2,1H3,(H,17,19). The lowest BCUT2D eigenvalue weighted by Gasteiger charge is -2.16. The summed E-state index contributed by atoms with van der Waals surface area (Å²) in [6, 6.07) is 3.74. The summed E-state index contributed by atoms with van der Waals surface area (Å²) in [5, 5.41) is 5.14. The van der Waals surface area contributed by atoms with Crippen LogP contribution < -0.4 is 10.6 Å². The van der Waals surface area contributed by atoms with E-state index in [0.717, 1.165) is 0 Å². The lowest BCUT2D eigenvalue weighted by Crippen LogP contribution is -2.42. The quantitative estimate of drug-likeness (QED) is 0.893. The van der Waals surface area contributed by atoms with Crippen molar-refractivity contribution in [3.8, 4) is 0 Å². The summed E-state index contributed by atoms with van der Waals surface area (Å²) in [7, 11) is 0. The van der Waals surface area contributed by atoms with Gasteiger partial charge in [0.1, 0.15) is 12.6 Å². The molecule has 2 N–H and O–H groups in total. The van der Waals surface area contributed by atoms with Gasteiger partial charge in [-0.15, -0.1) is 0 Å². The number of benzene rings is 1. The van der Waals surface area contributed by atoms with Gasteiger partial charge >= 0.3 is 6.18 Å². The second-order valence-electron chi connectivity index (χ2n) is 3.83. The van der Waals surface area contributed by atoms with E-state index in [0.29, 0.717) is 10.7 Å². The minimum atomic E-state index is -4.43. The first-order valence-electron chi connectivity index (χ1n) is 5.25. The molecule has 0 aliphatic rings. The lowest BCUT2D eigenvalue weighted by molar-refractivity contribution is -0.138. The Morgan fingerprint density at radius 1 is 1.32 bits per heavy atom. The molecule has 0 aliphatic heterocycles. The number of nitrogens with one attached hydrogen (secondary N) is 2.